The molecule has 2 fully saturated rings. The number of piperazine rings is 1. The molecule has 146 valence electrons. The highest BCUT2D eigenvalue weighted by atomic mass is 16.6. The van der Waals surface area contributed by atoms with Crippen LogP contribution in [0.5, 0.6) is 0 Å². The van der Waals surface area contributed by atoms with E-state index in [-0.39, 0.29) is 24.3 Å². The second-order valence-electron chi connectivity index (χ2n) is 7.01. The zero-order valence-corrected chi connectivity index (χ0v) is 15.8. The number of benzene rings is 2. The predicted octanol–water partition coefficient (Wildman–Crippen LogP) is 2.25. The maximum absolute atomic E-state index is 13.1. The molecule has 1 atom stereocenters. The van der Waals surface area contributed by atoms with Crippen LogP contribution >= 0.6 is 0 Å². The van der Waals surface area contributed by atoms with Gasteiger partial charge in [-0.3, -0.25) is 14.5 Å². The number of rotatable bonds is 3. The highest BCUT2D eigenvalue weighted by Crippen LogP contribution is 2.32. The van der Waals surface area contributed by atoms with Gasteiger partial charge in [-0.1, -0.05) is 36.4 Å². The standard InChI is InChI=1S/C21H23N3O4/c1-2-28-21(27)23-12-10-22(11-13-23)18-14-19(25)24(20(18)26)17-9-5-7-15-6-3-4-8-16(15)17/h3-9,18H,2,10-14H2,1H3/t18-/m0/s1. The van der Waals surface area contributed by atoms with Crippen LogP contribution in [0.3, 0.4) is 0 Å². The van der Waals surface area contributed by atoms with Crippen molar-refractivity contribution in [1.82, 2.24) is 9.80 Å². The van der Waals surface area contributed by atoms with Crippen LogP contribution in [0.15, 0.2) is 42.5 Å². The number of anilines is 1. The van der Waals surface area contributed by atoms with E-state index in [1.807, 2.05) is 47.4 Å². The molecule has 2 heterocycles. The molecule has 2 aliphatic heterocycles. The molecule has 28 heavy (non-hydrogen) atoms. The van der Waals surface area contributed by atoms with Crippen molar-refractivity contribution in [2.24, 2.45) is 0 Å². The van der Waals surface area contributed by atoms with Crippen molar-refractivity contribution < 1.29 is 19.1 Å². The van der Waals surface area contributed by atoms with E-state index in [1.54, 1.807) is 11.8 Å². The van der Waals surface area contributed by atoms with Gasteiger partial charge in [-0.05, 0) is 18.4 Å². The first-order chi connectivity index (χ1) is 13.6. The summed E-state index contributed by atoms with van der Waals surface area (Å²) in [6.07, 6.45) is -0.157. The second-order valence-corrected chi connectivity index (χ2v) is 7.01. The molecule has 0 spiro atoms. The zero-order chi connectivity index (χ0) is 19.7. The lowest BCUT2D eigenvalue weighted by molar-refractivity contribution is -0.123. The fraction of sp³-hybridized carbons (Fsp3) is 0.381. The molecule has 7 nitrogen and oxygen atoms in total. The van der Waals surface area contributed by atoms with Crippen molar-refractivity contribution in [1.29, 1.82) is 0 Å². The first kappa shape index (κ1) is 18.4. The Hall–Kier alpha value is -2.93. The molecule has 2 aromatic carbocycles. The number of nitrogens with zero attached hydrogens (tertiary/aromatic N) is 3. The molecule has 4 rings (SSSR count). The topological polar surface area (TPSA) is 70.2 Å². The monoisotopic (exact) mass is 381 g/mol. The van der Waals surface area contributed by atoms with Gasteiger partial charge in [-0.15, -0.1) is 0 Å². The summed E-state index contributed by atoms with van der Waals surface area (Å²) in [7, 11) is 0. The summed E-state index contributed by atoms with van der Waals surface area (Å²) >= 11 is 0. The summed E-state index contributed by atoms with van der Waals surface area (Å²) in [5.74, 6) is -0.370. The van der Waals surface area contributed by atoms with Crippen molar-refractivity contribution in [2.45, 2.75) is 19.4 Å². The van der Waals surface area contributed by atoms with Crippen LogP contribution in [0.1, 0.15) is 13.3 Å². The number of imide groups is 1. The van der Waals surface area contributed by atoms with Gasteiger partial charge in [0.05, 0.1) is 24.8 Å². The van der Waals surface area contributed by atoms with Gasteiger partial charge < -0.3 is 9.64 Å². The van der Waals surface area contributed by atoms with Crippen molar-refractivity contribution in [3.63, 3.8) is 0 Å². The van der Waals surface area contributed by atoms with Crippen LogP contribution in [-0.4, -0.2) is 66.5 Å². The molecule has 7 heteroatoms. The van der Waals surface area contributed by atoms with Crippen LogP contribution < -0.4 is 4.90 Å². The van der Waals surface area contributed by atoms with Gasteiger partial charge >= 0.3 is 6.09 Å². The highest BCUT2D eigenvalue weighted by Gasteiger charge is 2.44. The summed E-state index contributed by atoms with van der Waals surface area (Å²) in [5, 5.41) is 1.88. The minimum absolute atomic E-state index is 0.168. The average molecular weight is 381 g/mol. The lowest BCUT2D eigenvalue weighted by Gasteiger charge is -2.36. The van der Waals surface area contributed by atoms with Crippen LogP contribution in [-0.2, 0) is 14.3 Å². The Balaban J connectivity index is 1.51. The van der Waals surface area contributed by atoms with E-state index in [1.165, 1.54) is 4.90 Å². The number of carbonyl (C=O) groups excluding carboxylic acids is 3. The summed E-state index contributed by atoms with van der Waals surface area (Å²) in [6, 6.07) is 12.9. The second kappa shape index (κ2) is 7.59. The Bertz CT molecular complexity index is 916. The molecular formula is C21H23N3O4. The first-order valence-corrected chi connectivity index (χ1v) is 9.60. The summed E-state index contributed by atoms with van der Waals surface area (Å²) in [6.45, 7) is 4.20. The lowest BCUT2D eigenvalue weighted by atomic mass is 10.1. The third kappa shape index (κ3) is 3.22. The number of hydrogen-bond donors (Lipinski definition) is 0. The number of ether oxygens (including phenoxy) is 1. The van der Waals surface area contributed by atoms with E-state index < -0.39 is 6.04 Å². The third-order valence-corrected chi connectivity index (χ3v) is 5.41. The zero-order valence-electron chi connectivity index (χ0n) is 15.8. The van der Waals surface area contributed by atoms with Gasteiger partial charge in [0.25, 0.3) is 5.91 Å². The summed E-state index contributed by atoms with van der Waals surface area (Å²) < 4.78 is 5.04. The van der Waals surface area contributed by atoms with E-state index in [4.69, 9.17) is 4.74 Å². The fourth-order valence-corrected chi connectivity index (χ4v) is 3.99. The fourth-order valence-electron chi connectivity index (χ4n) is 3.99. The molecule has 3 amide bonds. The number of fused-ring (bicyclic) bond motifs is 1. The number of carbonyl (C=O) groups is 3. The molecule has 0 bridgehead atoms. The summed E-state index contributed by atoms with van der Waals surface area (Å²) in [4.78, 5) is 42.7. The Morgan fingerprint density at radius 3 is 2.50 bits per heavy atom. The van der Waals surface area contributed by atoms with Crippen molar-refractivity contribution >= 4 is 34.4 Å². The lowest BCUT2D eigenvalue weighted by Crippen LogP contribution is -2.54. The number of hydrogen-bond acceptors (Lipinski definition) is 5. The Morgan fingerprint density at radius 2 is 1.75 bits per heavy atom. The Morgan fingerprint density at radius 1 is 1.04 bits per heavy atom. The van der Waals surface area contributed by atoms with Crippen LogP contribution in [0.2, 0.25) is 0 Å². The molecule has 2 aromatic rings. The highest BCUT2D eigenvalue weighted by molar-refractivity contribution is 6.25. The molecule has 0 saturated carbocycles. The van der Waals surface area contributed by atoms with Crippen LogP contribution in [0.25, 0.3) is 10.8 Å². The van der Waals surface area contributed by atoms with Gasteiger partial charge in [0, 0.05) is 31.6 Å². The van der Waals surface area contributed by atoms with Crippen LogP contribution in [0.4, 0.5) is 10.5 Å². The predicted molar refractivity (Wildman–Crippen MR) is 105 cm³/mol. The number of amides is 3. The molecule has 0 N–H and O–H groups in total. The third-order valence-electron chi connectivity index (χ3n) is 5.41. The largest absolute Gasteiger partial charge is 0.450 e. The maximum Gasteiger partial charge on any atom is 0.409 e. The van der Waals surface area contributed by atoms with E-state index in [0.717, 1.165) is 10.8 Å². The quantitative estimate of drug-likeness (QED) is 0.763. The molecule has 2 aliphatic rings. The van der Waals surface area contributed by atoms with Gasteiger partial charge in [-0.2, -0.15) is 0 Å². The minimum Gasteiger partial charge on any atom is -0.450 e. The molecular weight excluding hydrogens is 358 g/mol. The normalized spacial score (nSPS) is 20.8. The summed E-state index contributed by atoms with van der Waals surface area (Å²) in [5.41, 5.74) is 0.640. The van der Waals surface area contributed by atoms with E-state index in [0.29, 0.717) is 38.5 Å². The van der Waals surface area contributed by atoms with Gasteiger partial charge in [0.1, 0.15) is 0 Å². The smallest absolute Gasteiger partial charge is 0.409 e. The Labute approximate surface area is 163 Å². The van der Waals surface area contributed by atoms with Crippen LogP contribution in [0, 0.1) is 0 Å². The van der Waals surface area contributed by atoms with Crippen molar-refractivity contribution in [3.05, 3.63) is 42.5 Å². The van der Waals surface area contributed by atoms with Crippen molar-refractivity contribution in [3.8, 4) is 0 Å². The van der Waals surface area contributed by atoms with Gasteiger partial charge in [-0.25, -0.2) is 9.69 Å². The average Bonchev–Trinajstić information content (AvgIpc) is 3.02. The van der Waals surface area contributed by atoms with Gasteiger partial charge in [0.2, 0.25) is 5.91 Å². The van der Waals surface area contributed by atoms with E-state index in [2.05, 4.69) is 0 Å². The molecule has 0 unspecified atom stereocenters. The molecule has 0 aromatic heterocycles. The van der Waals surface area contributed by atoms with E-state index in [9.17, 15) is 14.4 Å². The Kier molecular flexibility index (Phi) is 5.00. The molecule has 0 radical (unpaired) electrons. The maximum atomic E-state index is 13.1. The minimum atomic E-state index is -0.476. The first-order valence-electron chi connectivity index (χ1n) is 9.60. The van der Waals surface area contributed by atoms with Gasteiger partial charge in [0.15, 0.2) is 0 Å². The SMILES string of the molecule is CCOC(=O)N1CCN([C@H]2CC(=O)N(c3cccc4ccccc34)C2=O)CC1. The van der Waals surface area contributed by atoms with E-state index >= 15 is 0 Å². The molecule has 2 saturated heterocycles. The molecule has 0 aliphatic carbocycles. The van der Waals surface area contributed by atoms with Crippen molar-refractivity contribution in [2.75, 3.05) is 37.7 Å².